The van der Waals surface area contributed by atoms with E-state index in [0.29, 0.717) is 11.7 Å². The predicted molar refractivity (Wildman–Crippen MR) is 106 cm³/mol. The molecule has 0 aliphatic carbocycles. The highest BCUT2D eigenvalue weighted by molar-refractivity contribution is 6.30. The van der Waals surface area contributed by atoms with E-state index in [4.69, 9.17) is 16.0 Å². The topological polar surface area (TPSA) is 47.6 Å². The Morgan fingerprint density at radius 1 is 1.00 bits per heavy atom. The fourth-order valence-electron chi connectivity index (χ4n) is 3.28. The lowest BCUT2D eigenvalue weighted by Crippen LogP contribution is -2.84. The lowest BCUT2D eigenvalue weighted by molar-refractivity contribution is -0.704. The summed E-state index contributed by atoms with van der Waals surface area (Å²) in [7, 11) is 0. The largest absolute Gasteiger partial charge is 0.463 e. The van der Waals surface area contributed by atoms with Gasteiger partial charge in [-0.15, -0.1) is 0 Å². The number of para-hydroxylation sites is 1. The predicted octanol–water partition coefficient (Wildman–Crippen LogP) is 4.28. The molecule has 2 aromatic heterocycles. The molecule has 0 spiro atoms. The van der Waals surface area contributed by atoms with Crippen molar-refractivity contribution in [3.63, 3.8) is 0 Å². The van der Waals surface area contributed by atoms with Crippen molar-refractivity contribution in [2.45, 2.75) is 19.5 Å². The van der Waals surface area contributed by atoms with Gasteiger partial charge >= 0.3 is 0 Å². The Hall–Kier alpha value is -2.82. The van der Waals surface area contributed by atoms with E-state index in [0.717, 1.165) is 22.7 Å². The number of hydrogen-bond donors (Lipinski definition) is 1. The number of benzene rings is 2. The molecule has 0 radical (unpaired) electrons. The molecule has 2 N–H and O–H groups in total. The summed E-state index contributed by atoms with van der Waals surface area (Å²) in [6.07, 6.45) is 1.71. The average Bonchev–Trinajstić information content (AvgIpc) is 3.33. The first kappa shape index (κ1) is 17.6. The molecular weight excluding hydrogens is 358 g/mol. The molecule has 1 atom stereocenters. The molecule has 0 bridgehead atoms. The number of rotatable bonds is 6. The molecule has 2 heterocycles. The third-order valence-corrected chi connectivity index (χ3v) is 5.08. The standard InChI is InChI=1S/C22H20ClN3O/c1-16-19(22(23)26(25-16)18-11-6-3-7-12-18)15-24-21(20-13-8-14-27-20)17-9-4-2-5-10-17/h2-14,21,24H,15H2,1H3/p+1/t21-/m1/s1. The first-order valence-electron chi connectivity index (χ1n) is 8.95. The number of quaternary nitrogens is 1. The number of hydrogen-bond acceptors (Lipinski definition) is 2. The minimum Gasteiger partial charge on any atom is -0.463 e. The summed E-state index contributed by atoms with van der Waals surface area (Å²) >= 11 is 6.68. The zero-order chi connectivity index (χ0) is 18.6. The third kappa shape index (κ3) is 3.68. The number of aryl methyl sites for hydroxylation is 1. The van der Waals surface area contributed by atoms with Gasteiger partial charge < -0.3 is 9.73 Å². The summed E-state index contributed by atoms with van der Waals surface area (Å²) in [5.74, 6) is 0.922. The van der Waals surface area contributed by atoms with Crippen molar-refractivity contribution < 1.29 is 9.73 Å². The van der Waals surface area contributed by atoms with Crippen molar-refractivity contribution in [2.24, 2.45) is 0 Å². The van der Waals surface area contributed by atoms with Crippen LogP contribution in [-0.4, -0.2) is 9.78 Å². The zero-order valence-corrected chi connectivity index (χ0v) is 15.8. The fraction of sp³-hybridized carbons (Fsp3) is 0.136. The summed E-state index contributed by atoms with van der Waals surface area (Å²) in [5.41, 5.74) is 4.12. The number of nitrogens with two attached hydrogens (primary N) is 1. The Kier molecular flexibility index (Phi) is 5.10. The van der Waals surface area contributed by atoms with E-state index in [1.165, 1.54) is 5.56 Å². The Labute approximate surface area is 163 Å². The smallest absolute Gasteiger partial charge is 0.170 e. The second-order valence-corrected chi connectivity index (χ2v) is 6.80. The number of nitrogens with zero attached hydrogens (tertiary/aromatic N) is 2. The summed E-state index contributed by atoms with van der Waals surface area (Å²) < 4.78 is 7.48. The Balaban J connectivity index is 1.61. The van der Waals surface area contributed by atoms with Gasteiger partial charge in [-0.1, -0.05) is 60.1 Å². The van der Waals surface area contributed by atoms with Gasteiger partial charge in [0.05, 0.1) is 23.2 Å². The zero-order valence-electron chi connectivity index (χ0n) is 15.0. The summed E-state index contributed by atoms with van der Waals surface area (Å²) in [5, 5.41) is 7.52. The molecule has 0 fully saturated rings. The number of furan rings is 1. The van der Waals surface area contributed by atoms with Crippen molar-refractivity contribution in [1.29, 1.82) is 0 Å². The normalized spacial score (nSPS) is 12.2. The van der Waals surface area contributed by atoms with Crippen molar-refractivity contribution in [3.8, 4) is 5.69 Å². The second-order valence-electron chi connectivity index (χ2n) is 6.45. The summed E-state index contributed by atoms with van der Waals surface area (Å²) in [4.78, 5) is 0. The van der Waals surface area contributed by atoms with Crippen LogP contribution in [0, 0.1) is 6.92 Å². The van der Waals surface area contributed by atoms with E-state index in [-0.39, 0.29) is 6.04 Å². The van der Waals surface area contributed by atoms with Crippen molar-refractivity contribution in [3.05, 3.63) is 107 Å². The molecule has 0 saturated heterocycles. The molecule has 4 aromatic rings. The molecule has 0 amide bonds. The molecule has 2 aromatic carbocycles. The van der Waals surface area contributed by atoms with Crippen LogP contribution >= 0.6 is 11.6 Å². The summed E-state index contributed by atoms with van der Waals surface area (Å²) in [6.45, 7) is 2.71. The molecule has 0 aliphatic heterocycles. The molecule has 136 valence electrons. The molecule has 0 saturated carbocycles. The monoisotopic (exact) mass is 378 g/mol. The highest BCUT2D eigenvalue weighted by Crippen LogP contribution is 2.24. The van der Waals surface area contributed by atoms with Crippen LogP contribution < -0.4 is 5.32 Å². The van der Waals surface area contributed by atoms with E-state index in [2.05, 4.69) is 22.5 Å². The lowest BCUT2D eigenvalue weighted by Gasteiger charge is -2.14. The van der Waals surface area contributed by atoms with Crippen LogP contribution in [0.15, 0.2) is 83.5 Å². The minimum atomic E-state index is 0.0664. The highest BCUT2D eigenvalue weighted by Gasteiger charge is 2.23. The summed E-state index contributed by atoms with van der Waals surface area (Å²) in [6, 6.07) is 24.3. The molecule has 0 unspecified atom stereocenters. The fourth-order valence-corrected chi connectivity index (χ4v) is 3.63. The van der Waals surface area contributed by atoms with Gasteiger partial charge in [0.15, 0.2) is 11.8 Å². The van der Waals surface area contributed by atoms with Crippen molar-refractivity contribution in [2.75, 3.05) is 0 Å². The van der Waals surface area contributed by atoms with Crippen molar-refractivity contribution in [1.82, 2.24) is 9.78 Å². The van der Waals surface area contributed by atoms with E-state index >= 15 is 0 Å². The van der Waals surface area contributed by atoms with Gasteiger partial charge in [-0.3, -0.25) is 0 Å². The molecular formula is C22H21ClN3O+. The first-order valence-corrected chi connectivity index (χ1v) is 9.33. The SMILES string of the molecule is Cc1nn(-c2ccccc2)c(Cl)c1C[NH2+][C@H](c1ccccc1)c1ccco1. The quantitative estimate of drug-likeness (QED) is 0.544. The maximum atomic E-state index is 6.68. The second kappa shape index (κ2) is 7.82. The highest BCUT2D eigenvalue weighted by atomic mass is 35.5. The van der Waals surface area contributed by atoms with E-state index in [1.54, 1.807) is 10.9 Å². The van der Waals surface area contributed by atoms with E-state index < -0.39 is 0 Å². The van der Waals surface area contributed by atoms with Crippen LogP contribution in [0.4, 0.5) is 0 Å². The van der Waals surface area contributed by atoms with Crippen molar-refractivity contribution >= 4 is 11.6 Å². The molecule has 5 heteroatoms. The Bertz CT molecular complexity index is 995. The van der Waals surface area contributed by atoms with Gasteiger partial charge in [0.25, 0.3) is 0 Å². The van der Waals surface area contributed by atoms with Gasteiger partial charge in [-0.2, -0.15) is 5.10 Å². The number of halogens is 1. The van der Waals surface area contributed by atoms with Crippen LogP contribution in [-0.2, 0) is 6.54 Å². The van der Waals surface area contributed by atoms with Gasteiger partial charge in [0.1, 0.15) is 11.7 Å². The van der Waals surface area contributed by atoms with E-state index in [9.17, 15) is 0 Å². The molecule has 4 nitrogen and oxygen atoms in total. The van der Waals surface area contributed by atoms with Gasteiger partial charge in [-0.25, -0.2) is 4.68 Å². The first-order chi connectivity index (χ1) is 13.2. The molecule has 27 heavy (non-hydrogen) atoms. The van der Waals surface area contributed by atoms with Crippen LogP contribution in [0.25, 0.3) is 5.69 Å². The van der Waals surface area contributed by atoms with Crippen LogP contribution in [0.2, 0.25) is 5.15 Å². The third-order valence-electron chi connectivity index (χ3n) is 4.69. The number of aromatic nitrogens is 2. The Morgan fingerprint density at radius 2 is 1.70 bits per heavy atom. The average molecular weight is 379 g/mol. The molecule has 4 rings (SSSR count). The van der Waals surface area contributed by atoms with Crippen LogP contribution in [0.1, 0.15) is 28.6 Å². The van der Waals surface area contributed by atoms with Crippen LogP contribution in [0.5, 0.6) is 0 Å². The van der Waals surface area contributed by atoms with Gasteiger partial charge in [0.2, 0.25) is 0 Å². The Morgan fingerprint density at radius 3 is 2.37 bits per heavy atom. The molecule has 0 aliphatic rings. The van der Waals surface area contributed by atoms with Crippen LogP contribution in [0.3, 0.4) is 0 Å². The van der Waals surface area contributed by atoms with E-state index in [1.807, 2.05) is 67.6 Å². The van der Waals surface area contributed by atoms with Gasteiger partial charge in [-0.05, 0) is 31.2 Å². The minimum absolute atomic E-state index is 0.0664. The van der Waals surface area contributed by atoms with Gasteiger partial charge in [0, 0.05) is 5.56 Å². The lowest BCUT2D eigenvalue weighted by atomic mass is 10.0. The maximum Gasteiger partial charge on any atom is 0.170 e. The maximum absolute atomic E-state index is 6.68.